The Morgan fingerprint density at radius 1 is 1.24 bits per heavy atom. The zero-order valence-electron chi connectivity index (χ0n) is 13.0. The van der Waals surface area contributed by atoms with Crippen molar-refractivity contribution in [1.29, 1.82) is 0 Å². The van der Waals surface area contributed by atoms with Gasteiger partial charge in [0.15, 0.2) is 6.61 Å². The number of rotatable bonds is 7. The van der Waals surface area contributed by atoms with Gasteiger partial charge in [0.1, 0.15) is 5.75 Å². The van der Waals surface area contributed by atoms with Gasteiger partial charge in [0, 0.05) is 12.1 Å². The van der Waals surface area contributed by atoms with E-state index in [1.54, 1.807) is 6.92 Å². The lowest BCUT2D eigenvalue weighted by Gasteiger charge is -2.12. The first-order valence-electron chi connectivity index (χ1n) is 6.91. The number of benzene rings is 2. The van der Waals surface area contributed by atoms with E-state index in [2.05, 4.69) is 4.72 Å². The molecule has 2 N–H and O–H groups in total. The summed E-state index contributed by atoms with van der Waals surface area (Å²) in [5.41, 5.74) is 0.587. The predicted molar refractivity (Wildman–Crippen MR) is 88.2 cm³/mol. The number of sulfonamides is 1. The van der Waals surface area contributed by atoms with Crippen molar-refractivity contribution in [3.63, 3.8) is 0 Å². The van der Waals surface area contributed by atoms with Crippen LogP contribution in [-0.2, 0) is 14.8 Å². The molecular weight excluding hydrogens is 352 g/mol. The maximum atomic E-state index is 12.3. The second-order valence-electron chi connectivity index (χ2n) is 5.02. The van der Waals surface area contributed by atoms with Gasteiger partial charge in [-0.2, -0.15) is 0 Å². The summed E-state index contributed by atoms with van der Waals surface area (Å²) in [7, 11) is -3.92. The molecule has 0 aliphatic carbocycles. The van der Waals surface area contributed by atoms with Crippen LogP contribution in [-0.4, -0.2) is 31.0 Å². The molecule has 0 spiro atoms. The van der Waals surface area contributed by atoms with Crippen LogP contribution in [0.3, 0.4) is 0 Å². The summed E-state index contributed by atoms with van der Waals surface area (Å²) < 4.78 is 32.1. The third kappa shape index (κ3) is 4.67. The lowest BCUT2D eigenvalue weighted by molar-refractivity contribution is -0.384. The van der Waals surface area contributed by atoms with E-state index in [4.69, 9.17) is 9.84 Å². The fraction of sp³-hybridized carbons (Fsp3) is 0.133. The number of nitrogens with one attached hydrogen (secondary N) is 1. The fourth-order valence-corrected chi connectivity index (χ4v) is 3.07. The highest BCUT2D eigenvalue weighted by Crippen LogP contribution is 2.25. The molecule has 2 rings (SSSR count). The first-order chi connectivity index (χ1) is 11.7. The molecule has 0 heterocycles. The van der Waals surface area contributed by atoms with Crippen LogP contribution in [0.5, 0.6) is 5.75 Å². The molecule has 0 unspecified atom stereocenters. The lowest BCUT2D eigenvalue weighted by Crippen LogP contribution is -2.14. The van der Waals surface area contributed by atoms with E-state index in [1.807, 2.05) is 0 Å². The third-order valence-electron chi connectivity index (χ3n) is 3.16. The maximum absolute atomic E-state index is 12.3. The molecule has 9 nitrogen and oxygen atoms in total. The van der Waals surface area contributed by atoms with Gasteiger partial charge in [-0.25, -0.2) is 13.2 Å². The summed E-state index contributed by atoms with van der Waals surface area (Å²) in [5.74, 6) is -0.834. The van der Waals surface area contributed by atoms with Crippen LogP contribution in [0.2, 0.25) is 0 Å². The molecule has 0 amide bonds. The van der Waals surface area contributed by atoms with E-state index < -0.39 is 27.5 Å². The van der Waals surface area contributed by atoms with E-state index in [1.165, 1.54) is 18.2 Å². The number of nitrogens with zero attached hydrogens (tertiary/aromatic N) is 1. The summed E-state index contributed by atoms with van der Waals surface area (Å²) in [4.78, 5) is 20.4. The highest BCUT2D eigenvalue weighted by Gasteiger charge is 2.17. The van der Waals surface area contributed by atoms with E-state index in [0.29, 0.717) is 5.56 Å². The molecule has 132 valence electrons. The largest absolute Gasteiger partial charge is 0.482 e. The van der Waals surface area contributed by atoms with Gasteiger partial charge in [-0.05, 0) is 42.8 Å². The van der Waals surface area contributed by atoms with Crippen molar-refractivity contribution in [2.45, 2.75) is 11.8 Å². The lowest BCUT2D eigenvalue weighted by atomic mass is 10.2. The van der Waals surface area contributed by atoms with Gasteiger partial charge in [-0.1, -0.05) is 0 Å². The Balaban J connectivity index is 2.19. The molecule has 0 atom stereocenters. The number of hydrogen-bond acceptors (Lipinski definition) is 6. The average Bonchev–Trinajstić information content (AvgIpc) is 2.55. The standard InChI is InChI=1S/C15H14N2O7S/c1-10-8-12(24-9-15(18)19)4-7-14(10)16-25(22,23)13-5-2-11(3-6-13)17(20)21/h2-8,16H,9H2,1H3,(H,18,19). The second-order valence-corrected chi connectivity index (χ2v) is 6.70. The molecule has 2 aromatic rings. The molecule has 2 aromatic carbocycles. The van der Waals surface area contributed by atoms with Gasteiger partial charge >= 0.3 is 5.97 Å². The van der Waals surface area contributed by atoms with Crippen molar-refractivity contribution in [2.75, 3.05) is 11.3 Å². The molecule has 0 aliphatic heterocycles. The molecule has 0 saturated heterocycles. The van der Waals surface area contributed by atoms with Crippen molar-refractivity contribution in [1.82, 2.24) is 0 Å². The minimum absolute atomic E-state index is 0.122. The number of carboxylic acid groups (broad SMARTS) is 1. The Morgan fingerprint density at radius 3 is 2.40 bits per heavy atom. The highest BCUT2D eigenvalue weighted by atomic mass is 32.2. The molecule has 0 aliphatic rings. The third-order valence-corrected chi connectivity index (χ3v) is 4.54. The van der Waals surface area contributed by atoms with Crippen molar-refractivity contribution >= 4 is 27.4 Å². The first-order valence-corrected chi connectivity index (χ1v) is 8.40. The molecule has 0 radical (unpaired) electrons. The van der Waals surface area contributed by atoms with Crippen molar-refractivity contribution in [3.8, 4) is 5.75 Å². The van der Waals surface area contributed by atoms with Crippen LogP contribution in [0.15, 0.2) is 47.4 Å². The van der Waals surface area contributed by atoms with Gasteiger partial charge < -0.3 is 9.84 Å². The molecule has 25 heavy (non-hydrogen) atoms. The van der Waals surface area contributed by atoms with Crippen molar-refractivity contribution < 1.29 is 28.0 Å². The van der Waals surface area contributed by atoms with E-state index in [9.17, 15) is 23.3 Å². The predicted octanol–water partition coefficient (Wildman–Crippen LogP) is 2.17. The van der Waals surface area contributed by atoms with Crippen molar-refractivity contribution in [3.05, 3.63) is 58.1 Å². The molecule has 0 saturated carbocycles. The minimum Gasteiger partial charge on any atom is -0.482 e. The van der Waals surface area contributed by atoms with Gasteiger partial charge in [0.25, 0.3) is 15.7 Å². The molecule has 0 fully saturated rings. The highest BCUT2D eigenvalue weighted by molar-refractivity contribution is 7.92. The SMILES string of the molecule is Cc1cc(OCC(=O)O)ccc1NS(=O)(=O)c1ccc([N+](=O)[O-])cc1. The zero-order chi connectivity index (χ0) is 18.6. The van der Waals surface area contributed by atoms with Gasteiger partial charge in [-0.15, -0.1) is 0 Å². The number of nitro benzene ring substituents is 1. The van der Waals surface area contributed by atoms with Gasteiger partial charge in [-0.3, -0.25) is 14.8 Å². The van der Waals surface area contributed by atoms with Gasteiger partial charge in [0.05, 0.1) is 15.5 Å². The molecular formula is C15H14N2O7S. The van der Waals surface area contributed by atoms with Gasteiger partial charge in [0.2, 0.25) is 0 Å². The second kappa shape index (κ2) is 7.18. The molecule has 0 bridgehead atoms. The Hall–Kier alpha value is -3.14. The van der Waals surface area contributed by atoms with Crippen LogP contribution in [0, 0.1) is 17.0 Å². The number of non-ortho nitro benzene ring substituents is 1. The number of hydrogen-bond donors (Lipinski definition) is 2. The van der Waals surface area contributed by atoms with Crippen LogP contribution < -0.4 is 9.46 Å². The maximum Gasteiger partial charge on any atom is 0.341 e. The average molecular weight is 366 g/mol. The number of carboxylic acids is 1. The summed E-state index contributed by atoms with van der Waals surface area (Å²) in [6.07, 6.45) is 0. The van der Waals surface area contributed by atoms with E-state index >= 15 is 0 Å². The summed E-state index contributed by atoms with van der Waals surface area (Å²) in [6, 6.07) is 8.85. The minimum atomic E-state index is -3.92. The number of carbonyl (C=O) groups is 1. The number of anilines is 1. The smallest absolute Gasteiger partial charge is 0.341 e. The summed E-state index contributed by atoms with van der Waals surface area (Å²) >= 11 is 0. The monoisotopic (exact) mass is 366 g/mol. The quantitative estimate of drug-likeness (QED) is 0.566. The van der Waals surface area contributed by atoms with Crippen LogP contribution in [0.1, 0.15) is 5.56 Å². The Bertz CT molecular complexity index is 908. The number of aliphatic carboxylic acids is 1. The van der Waals surface area contributed by atoms with Crippen LogP contribution in [0.4, 0.5) is 11.4 Å². The van der Waals surface area contributed by atoms with E-state index in [0.717, 1.165) is 24.3 Å². The number of ether oxygens (including phenoxy) is 1. The van der Waals surface area contributed by atoms with E-state index in [-0.39, 0.29) is 22.0 Å². The Morgan fingerprint density at radius 2 is 1.88 bits per heavy atom. The number of nitro groups is 1. The normalized spacial score (nSPS) is 10.9. The zero-order valence-corrected chi connectivity index (χ0v) is 13.8. The van der Waals surface area contributed by atoms with Crippen LogP contribution in [0.25, 0.3) is 0 Å². The fourth-order valence-electron chi connectivity index (χ4n) is 1.94. The molecule has 0 aromatic heterocycles. The Kier molecular flexibility index (Phi) is 5.22. The van der Waals surface area contributed by atoms with Crippen molar-refractivity contribution in [2.24, 2.45) is 0 Å². The summed E-state index contributed by atoms with van der Waals surface area (Å²) in [6.45, 7) is 1.12. The topological polar surface area (TPSA) is 136 Å². The first kappa shape index (κ1) is 18.2. The Labute approximate surface area is 143 Å². The number of aryl methyl sites for hydroxylation is 1. The summed E-state index contributed by atoms with van der Waals surface area (Å²) in [5, 5.41) is 19.2. The van der Waals surface area contributed by atoms with Crippen LogP contribution >= 0.6 is 0 Å². The molecule has 10 heteroatoms.